The minimum absolute atomic E-state index is 0.0609. The summed E-state index contributed by atoms with van der Waals surface area (Å²) in [6.07, 6.45) is -1.11. The number of likely N-dealkylation sites (tertiary alicyclic amines) is 1. The van der Waals surface area contributed by atoms with Crippen molar-refractivity contribution >= 4 is 23.9 Å². The molecule has 3 aromatic carbocycles. The van der Waals surface area contributed by atoms with Gasteiger partial charge in [0.15, 0.2) is 0 Å². The predicted octanol–water partition coefficient (Wildman–Crippen LogP) is 3.30. The minimum atomic E-state index is -1.52. The maximum atomic E-state index is 13.6. The lowest BCUT2D eigenvalue weighted by molar-refractivity contribution is -0.149. The van der Waals surface area contributed by atoms with Crippen molar-refractivity contribution in [1.29, 1.82) is 0 Å². The molecule has 218 valence electrons. The number of hydrogen-bond donors (Lipinski definition) is 3. The minimum Gasteiger partial charge on any atom is -0.480 e. The van der Waals surface area contributed by atoms with Crippen LogP contribution in [0.2, 0.25) is 0 Å². The normalized spacial score (nSPS) is 18.4. The molecule has 0 radical (unpaired) electrons. The van der Waals surface area contributed by atoms with Gasteiger partial charge in [-0.3, -0.25) is 14.5 Å². The molecule has 1 heterocycles. The van der Waals surface area contributed by atoms with Gasteiger partial charge in [-0.1, -0.05) is 78.9 Å². The fraction of sp³-hybridized carbons (Fsp3) is 0.312. The first kappa shape index (κ1) is 28.8. The van der Waals surface area contributed by atoms with Crippen LogP contribution >= 0.6 is 0 Å². The van der Waals surface area contributed by atoms with E-state index in [1.807, 2.05) is 83.8 Å². The second kappa shape index (κ2) is 12.4. The first-order valence-corrected chi connectivity index (χ1v) is 13.8. The van der Waals surface area contributed by atoms with E-state index in [-0.39, 0.29) is 25.5 Å². The second-order valence-electron chi connectivity index (χ2n) is 10.6. The third-order valence-corrected chi connectivity index (χ3v) is 7.92. The third-order valence-electron chi connectivity index (χ3n) is 7.92. The average Bonchev–Trinajstić information content (AvgIpc) is 3.55. The van der Waals surface area contributed by atoms with Gasteiger partial charge in [0.1, 0.15) is 18.2 Å². The maximum Gasteiger partial charge on any atom is 0.408 e. The van der Waals surface area contributed by atoms with E-state index in [0.29, 0.717) is 13.1 Å². The molecule has 1 saturated heterocycles. The Labute approximate surface area is 243 Å². The van der Waals surface area contributed by atoms with Crippen molar-refractivity contribution in [3.05, 3.63) is 95.6 Å². The summed E-state index contributed by atoms with van der Waals surface area (Å²) in [7, 11) is 1.14. The number of nitrogens with zero attached hydrogens (tertiary/aromatic N) is 1. The molecule has 10 heteroatoms. The summed E-state index contributed by atoms with van der Waals surface area (Å²) in [5.41, 5.74) is 3.86. The van der Waals surface area contributed by atoms with E-state index in [0.717, 1.165) is 34.9 Å². The fourth-order valence-electron chi connectivity index (χ4n) is 5.79. The van der Waals surface area contributed by atoms with Crippen LogP contribution < -0.4 is 10.6 Å². The van der Waals surface area contributed by atoms with E-state index in [1.165, 1.54) is 0 Å². The summed E-state index contributed by atoms with van der Waals surface area (Å²) < 4.78 is 10.3. The van der Waals surface area contributed by atoms with Crippen molar-refractivity contribution in [3.8, 4) is 11.1 Å². The molecule has 10 nitrogen and oxygen atoms in total. The highest BCUT2D eigenvalue weighted by Gasteiger charge is 2.47. The second-order valence-corrected chi connectivity index (χ2v) is 10.6. The zero-order valence-corrected chi connectivity index (χ0v) is 23.2. The molecule has 42 heavy (non-hydrogen) atoms. The van der Waals surface area contributed by atoms with E-state index in [2.05, 4.69) is 15.4 Å². The molecule has 2 amide bonds. The van der Waals surface area contributed by atoms with E-state index in [9.17, 15) is 24.3 Å². The molecule has 1 fully saturated rings. The molecule has 1 aliphatic carbocycles. The van der Waals surface area contributed by atoms with Crippen molar-refractivity contribution in [2.45, 2.75) is 36.9 Å². The largest absolute Gasteiger partial charge is 0.480 e. The average molecular weight is 572 g/mol. The molecule has 2 atom stereocenters. The van der Waals surface area contributed by atoms with Gasteiger partial charge in [-0.2, -0.15) is 0 Å². The zero-order valence-electron chi connectivity index (χ0n) is 23.2. The Bertz CT molecular complexity index is 1430. The van der Waals surface area contributed by atoms with Gasteiger partial charge in [-0.05, 0) is 34.2 Å². The van der Waals surface area contributed by atoms with Gasteiger partial charge in [0.05, 0.1) is 13.5 Å². The Kier molecular flexibility index (Phi) is 8.53. The number of rotatable bonds is 10. The van der Waals surface area contributed by atoms with Gasteiger partial charge in [-0.15, -0.1) is 0 Å². The summed E-state index contributed by atoms with van der Waals surface area (Å²) in [5.74, 6) is -3.03. The van der Waals surface area contributed by atoms with Crippen LogP contribution in [0.15, 0.2) is 78.9 Å². The lowest BCUT2D eigenvalue weighted by atomic mass is 9.96. The number of carbonyl (C=O) groups excluding carboxylic acids is 3. The number of methoxy groups -OCH3 is 1. The van der Waals surface area contributed by atoms with Crippen molar-refractivity contribution in [2.75, 3.05) is 26.8 Å². The number of carbonyl (C=O) groups is 4. The number of nitrogens with one attached hydrogen (secondary N) is 2. The Hall–Kier alpha value is -4.70. The van der Waals surface area contributed by atoms with Crippen LogP contribution in [0, 0.1) is 0 Å². The van der Waals surface area contributed by atoms with Gasteiger partial charge in [-0.25, -0.2) is 9.59 Å². The van der Waals surface area contributed by atoms with Crippen molar-refractivity contribution < 1.29 is 33.8 Å². The molecule has 1 aliphatic heterocycles. The van der Waals surface area contributed by atoms with E-state index in [4.69, 9.17) is 4.74 Å². The fourth-order valence-corrected chi connectivity index (χ4v) is 5.79. The van der Waals surface area contributed by atoms with Crippen molar-refractivity contribution in [2.24, 2.45) is 0 Å². The lowest BCUT2D eigenvalue weighted by Gasteiger charge is -2.30. The number of benzene rings is 3. The maximum absolute atomic E-state index is 13.6. The summed E-state index contributed by atoms with van der Waals surface area (Å²) in [6, 6.07) is 24.1. The van der Waals surface area contributed by atoms with E-state index >= 15 is 0 Å². The van der Waals surface area contributed by atoms with Gasteiger partial charge < -0.3 is 25.2 Å². The Morgan fingerprint density at radius 2 is 1.57 bits per heavy atom. The van der Waals surface area contributed by atoms with Gasteiger partial charge in [0, 0.05) is 25.6 Å². The predicted molar refractivity (Wildman–Crippen MR) is 153 cm³/mol. The molecule has 1 unspecified atom stereocenters. The number of alkyl carbamates (subject to hydrolysis) is 1. The number of esters is 1. The molecule has 0 aromatic heterocycles. The SMILES string of the molecule is COC(=O)C[C@H](NC(=O)C1(NC(=O)OCC2c3ccccc3-c3ccccc32)CCN(Cc2ccccc2)C1)C(=O)O. The number of carboxylic acids is 1. The molecule has 0 spiro atoms. The third kappa shape index (κ3) is 6.13. The smallest absolute Gasteiger partial charge is 0.408 e. The highest BCUT2D eigenvalue weighted by molar-refractivity contribution is 5.94. The van der Waals surface area contributed by atoms with Crippen LogP contribution in [0.5, 0.6) is 0 Å². The van der Waals surface area contributed by atoms with Crippen LogP contribution in [0.3, 0.4) is 0 Å². The van der Waals surface area contributed by atoms with Crippen LogP contribution in [0.25, 0.3) is 11.1 Å². The summed E-state index contributed by atoms with van der Waals surface area (Å²) in [4.78, 5) is 52.6. The summed E-state index contributed by atoms with van der Waals surface area (Å²) in [6.45, 7) is 1.20. The van der Waals surface area contributed by atoms with Gasteiger partial charge in [0.25, 0.3) is 0 Å². The van der Waals surface area contributed by atoms with E-state index in [1.54, 1.807) is 0 Å². The molecule has 5 rings (SSSR count). The lowest BCUT2D eigenvalue weighted by Crippen LogP contribution is -2.62. The summed E-state index contributed by atoms with van der Waals surface area (Å²) in [5, 5.41) is 14.9. The Balaban J connectivity index is 1.32. The van der Waals surface area contributed by atoms with Crippen LogP contribution in [0.1, 0.15) is 35.4 Å². The quantitative estimate of drug-likeness (QED) is 0.316. The number of aliphatic carboxylic acids is 1. The molecule has 3 N–H and O–H groups in total. The first-order valence-electron chi connectivity index (χ1n) is 13.8. The molecule has 0 saturated carbocycles. The van der Waals surface area contributed by atoms with Gasteiger partial charge >= 0.3 is 18.0 Å². The topological polar surface area (TPSA) is 134 Å². The van der Waals surface area contributed by atoms with Crippen molar-refractivity contribution in [3.63, 3.8) is 0 Å². The van der Waals surface area contributed by atoms with Gasteiger partial charge in [0.2, 0.25) is 5.91 Å². The Morgan fingerprint density at radius 1 is 0.952 bits per heavy atom. The standard InChI is InChI=1S/C32H33N3O7/c1-41-28(36)17-27(29(37)38)33-30(39)32(15-16-35(20-32)18-21-9-3-2-4-10-21)34-31(40)42-19-26-24-13-7-5-11-22(24)23-12-6-8-14-25(23)26/h2-14,26-27H,15-20H2,1H3,(H,33,39)(H,34,40)(H,37,38)/t27-,32?/m0/s1. The number of ether oxygens (including phenoxy) is 2. The van der Waals surface area contributed by atoms with E-state index < -0.39 is 41.9 Å². The van der Waals surface area contributed by atoms with Crippen LogP contribution in [-0.4, -0.2) is 72.3 Å². The zero-order chi connectivity index (χ0) is 29.7. The first-order chi connectivity index (χ1) is 20.3. The molecular weight excluding hydrogens is 538 g/mol. The highest BCUT2D eigenvalue weighted by atomic mass is 16.5. The molecular formula is C32H33N3O7. The molecule has 2 aliphatic rings. The monoisotopic (exact) mass is 571 g/mol. The van der Waals surface area contributed by atoms with Crippen LogP contribution in [0.4, 0.5) is 4.79 Å². The number of fused-ring (bicyclic) bond motifs is 3. The highest BCUT2D eigenvalue weighted by Crippen LogP contribution is 2.44. The van der Waals surface area contributed by atoms with Crippen LogP contribution in [-0.2, 0) is 30.4 Å². The number of amides is 2. The summed E-state index contributed by atoms with van der Waals surface area (Å²) >= 11 is 0. The van der Waals surface area contributed by atoms with Crippen molar-refractivity contribution in [1.82, 2.24) is 15.5 Å². The molecule has 3 aromatic rings. The number of hydrogen-bond acceptors (Lipinski definition) is 7. The molecule has 0 bridgehead atoms. The Morgan fingerprint density at radius 3 is 2.19 bits per heavy atom. The number of carboxylic acid groups (broad SMARTS) is 1.